The third-order valence-corrected chi connectivity index (χ3v) is 4.79. The monoisotopic (exact) mass is 238 g/mol. The molecule has 0 N–H and O–H groups in total. The number of rotatable bonds is 2. The quantitative estimate of drug-likeness (QED) is 0.725. The molecule has 3 nitrogen and oxygen atoms in total. The van der Waals surface area contributed by atoms with Gasteiger partial charge in [0.15, 0.2) is 0 Å². The highest BCUT2D eigenvalue weighted by Crippen LogP contribution is 2.46. The lowest BCUT2D eigenvalue weighted by Gasteiger charge is -2.40. The zero-order valence-corrected chi connectivity index (χ0v) is 11.4. The summed E-state index contributed by atoms with van der Waals surface area (Å²) in [7, 11) is 0. The van der Waals surface area contributed by atoms with Crippen LogP contribution in [0.3, 0.4) is 0 Å². The van der Waals surface area contributed by atoms with Gasteiger partial charge in [0.2, 0.25) is 0 Å². The Balaban J connectivity index is 1.88. The molecule has 0 unspecified atom stereocenters. The number of likely N-dealkylation sites (tertiary alicyclic amines) is 1. The molecule has 0 aromatic carbocycles. The van der Waals surface area contributed by atoms with Crippen molar-refractivity contribution in [2.45, 2.75) is 52.4 Å². The first-order valence-electron chi connectivity index (χ1n) is 7.24. The van der Waals surface area contributed by atoms with Crippen molar-refractivity contribution in [1.82, 2.24) is 9.80 Å². The van der Waals surface area contributed by atoms with Gasteiger partial charge in [-0.3, -0.25) is 0 Å². The van der Waals surface area contributed by atoms with Crippen LogP contribution in [0.15, 0.2) is 0 Å². The van der Waals surface area contributed by atoms with Crippen LogP contribution in [-0.4, -0.2) is 42.0 Å². The summed E-state index contributed by atoms with van der Waals surface area (Å²) in [5.74, 6) is 0. The molecule has 17 heavy (non-hydrogen) atoms. The fourth-order valence-electron chi connectivity index (χ4n) is 3.49. The molecule has 2 amide bonds. The van der Waals surface area contributed by atoms with E-state index in [4.69, 9.17) is 0 Å². The van der Waals surface area contributed by atoms with E-state index in [0.717, 1.165) is 26.2 Å². The summed E-state index contributed by atoms with van der Waals surface area (Å²) in [4.78, 5) is 16.2. The van der Waals surface area contributed by atoms with Gasteiger partial charge in [0.25, 0.3) is 0 Å². The van der Waals surface area contributed by atoms with Crippen molar-refractivity contribution >= 4 is 6.03 Å². The molecule has 0 atom stereocenters. The van der Waals surface area contributed by atoms with E-state index in [0.29, 0.717) is 5.41 Å². The van der Waals surface area contributed by atoms with Crippen LogP contribution in [0, 0.1) is 5.41 Å². The van der Waals surface area contributed by atoms with Crippen molar-refractivity contribution in [2.75, 3.05) is 26.2 Å². The summed E-state index contributed by atoms with van der Waals surface area (Å²) < 4.78 is 0. The van der Waals surface area contributed by atoms with Gasteiger partial charge in [-0.15, -0.1) is 0 Å². The van der Waals surface area contributed by atoms with E-state index in [1.807, 2.05) is 4.90 Å². The third-order valence-electron chi connectivity index (χ3n) is 4.79. The Kier molecular flexibility index (Phi) is 3.95. The van der Waals surface area contributed by atoms with E-state index in [1.54, 1.807) is 0 Å². The third kappa shape index (κ3) is 2.58. The highest BCUT2D eigenvalue weighted by molar-refractivity contribution is 5.74. The first kappa shape index (κ1) is 12.7. The Morgan fingerprint density at radius 1 is 1.06 bits per heavy atom. The fourth-order valence-corrected chi connectivity index (χ4v) is 3.49. The molecule has 2 rings (SSSR count). The smallest absolute Gasteiger partial charge is 0.319 e. The maximum absolute atomic E-state index is 12.2. The van der Waals surface area contributed by atoms with Gasteiger partial charge in [0, 0.05) is 26.2 Å². The van der Waals surface area contributed by atoms with Gasteiger partial charge in [-0.05, 0) is 44.9 Å². The van der Waals surface area contributed by atoms with Gasteiger partial charge in [0.05, 0.1) is 0 Å². The maximum Gasteiger partial charge on any atom is 0.319 e. The molecule has 0 radical (unpaired) electrons. The summed E-state index contributed by atoms with van der Waals surface area (Å²) in [5.41, 5.74) is 0.611. The SMILES string of the molecule is CCN(CC)C(=O)N1CCC2(CCCC2)CC1. The number of amides is 2. The number of hydrogen-bond acceptors (Lipinski definition) is 1. The van der Waals surface area contributed by atoms with Crippen molar-refractivity contribution in [3.05, 3.63) is 0 Å². The van der Waals surface area contributed by atoms with Crippen molar-refractivity contribution < 1.29 is 4.79 Å². The number of hydrogen-bond donors (Lipinski definition) is 0. The Hall–Kier alpha value is -0.730. The molecule has 2 aliphatic rings. The van der Waals surface area contributed by atoms with Crippen LogP contribution in [0.1, 0.15) is 52.4 Å². The number of carbonyl (C=O) groups is 1. The number of carbonyl (C=O) groups excluding carboxylic acids is 1. The zero-order valence-electron chi connectivity index (χ0n) is 11.4. The van der Waals surface area contributed by atoms with Crippen LogP contribution in [0.25, 0.3) is 0 Å². The molecular formula is C14H26N2O. The fraction of sp³-hybridized carbons (Fsp3) is 0.929. The maximum atomic E-state index is 12.2. The lowest BCUT2D eigenvalue weighted by molar-refractivity contribution is 0.101. The molecule has 3 heteroatoms. The zero-order chi connectivity index (χ0) is 12.3. The predicted octanol–water partition coefficient (Wildman–Crippen LogP) is 3.10. The number of urea groups is 1. The first-order chi connectivity index (χ1) is 8.21. The van der Waals surface area contributed by atoms with Crippen LogP contribution in [0.4, 0.5) is 4.79 Å². The predicted molar refractivity (Wildman–Crippen MR) is 70.0 cm³/mol. The van der Waals surface area contributed by atoms with E-state index in [-0.39, 0.29) is 6.03 Å². The van der Waals surface area contributed by atoms with E-state index < -0.39 is 0 Å². The molecule has 0 aromatic heterocycles. The minimum atomic E-state index is 0.253. The summed E-state index contributed by atoms with van der Waals surface area (Å²) in [6.07, 6.45) is 8.09. The molecule has 0 bridgehead atoms. The number of nitrogens with zero attached hydrogens (tertiary/aromatic N) is 2. The molecule has 98 valence electrons. The van der Waals surface area contributed by atoms with Gasteiger partial charge in [-0.1, -0.05) is 12.8 Å². The lowest BCUT2D eigenvalue weighted by atomic mass is 9.77. The molecule has 2 fully saturated rings. The summed E-state index contributed by atoms with van der Waals surface area (Å²) >= 11 is 0. The van der Waals surface area contributed by atoms with E-state index >= 15 is 0 Å². The summed E-state index contributed by atoms with van der Waals surface area (Å²) in [6, 6.07) is 0.253. The highest BCUT2D eigenvalue weighted by atomic mass is 16.2. The second-order valence-corrected chi connectivity index (χ2v) is 5.65. The van der Waals surface area contributed by atoms with Crippen LogP contribution in [-0.2, 0) is 0 Å². The van der Waals surface area contributed by atoms with Gasteiger partial charge >= 0.3 is 6.03 Å². The lowest BCUT2D eigenvalue weighted by Crippen LogP contribution is -2.48. The Bertz CT molecular complexity index is 257. The second-order valence-electron chi connectivity index (χ2n) is 5.65. The molecule has 1 heterocycles. The van der Waals surface area contributed by atoms with Crippen LogP contribution >= 0.6 is 0 Å². The summed E-state index contributed by atoms with van der Waals surface area (Å²) in [6.45, 7) is 7.74. The van der Waals surface area contributed by atoms with Crippen molar-refractivity contribution in [3.8, 4) is 0 Å². The molecule has 1 aliphatic heterocycles. The standard InChI is InChI=1S/C14H26N2O/c1-3-15(4-2)13(17)16-11-9-14(10-12-16)7-5-6-8-14/h3-12H2,1-2H3. The largest absolute Gasteiger partial charge is 0.325 e. The Morgan fingerprint density at radius 3 is 2.06 bits per heavy atom. The van der Waals surface area contributed by atoms with E-state index in [1.165, 1.54) is 38.5 Å². The van der Waals surface area contributed by atoms with E-state index in [9.17, 15) is 4.79 Å². The molecule has 1 spiro atoms. The van der Waals surface area contributed by atoms with E-state index in [2.05, 4.69) is 18.7 Å². The minimum Gasteiger partial charge on any atom is -0.325 e. The molecule has 1 saturated carbocycles. The average Bonchev–Trinajstić information content (AvgIpc) is 2.80. The highest BCUT2D eigenvalue weighted by Gasteiger charge is 2.38. The van der Waals surface area contributed by atoms with Gasteiger partial charge in [0.1, 0.15) is 0 Å². The molecular weight excluding hydrogens is 212 g/mol. The van der Waals surface area contributed by atoms with Crippen molar-refractivity contribution in [2.24, 2.45) is 5.41 Å². The van der Waals surface area contributed by atoms with Gasteiger partial charge in [-0.25, -0.2) is 4.79 Å². The van der Waals surface area contributed by atoms with Crippen molar-refractivity contribution in [1.29, 1.82) is 0 Å². The normalized spacial score (nSPS) is 23.1. The average molecular weight is 238 g/mol. The van der Waals surface area contributed by atoms with Crippen molar-refractivity contribution in [3.63, 3.8) is 0 Å². The van der Waals surface area contributed by atoms with Gasteiger partial charge < -0.3 is 9.80 Å². The second kappa shape index (κ2) is 5.28. The first-order valence-corrected chi connectivity index (χ1v) is 7.24. The summed E-state index contributed by atoms with van der Waals surface area (Å²) in [5, 5.41) is 0. The van der Waals surface area contributed by atoms with Crippen LogP contribution < -0.4 is 0 Å². The van der Waals surface area contributed by atoms with Gasteiger partial charge in [-0.2, -0.15) is 0 Å². The topological polar surface area (TPSA) is 23.6 Å². The number of piperidine rings is 1. The minimum absolute atomic E-state index is 0.253. The molecule has 0 aromatic rings. The van der Waals surface area contributed by atoms with Crippen LogP contribution in [0.2, 0.25) is 0 Å². The molecule has 1 aliphatic carbocycles. The Morgan fingerprint density at radius 2 is 1.59 bits per heavy atom. The van der Waals surface area contributed by atoms with Crippen LogP contribution in [0.5, 0.6) is 0 Å². The molecule has 1 saturated heterocycles. The Labute approximate surface area is 105 Å².